The van der Waals surface area contributed by atoms with Crippen LogP contribution in [0.15, 0.2) is 42.5 Å². The van der Waals surface area contributed by atoms with Crippen molar-refractivity contribution in [1.82, 2.24) is 0 Å². The third-order valence-corrected chi connectivity index (χ3v) is 6.07. The van der Waals surface area contributed by atoms with Crippen LogP contribution in [0.1, 0.15) is 118 Å². The van der Waals surface area contributed by atoms with Crippen LogP contribution in [0.2, 0.25) is 0 Å². The van der Waals surface area contributed by atoms with Crippen LogP contribution >= 0.6 is 0 Å². The summed E-state index contributed by atoms with van der Waals surface area (Å²) in [6.45, 7) is 4.98. The fourth-order valence-electron chi connectivity index (χ4n) is 3.91. The molecule has 192 valence electrons. The van der Waals surface area contributed by atoms with Crippen LogP contribution in [0, 0.1) is 5.82 Å². The lowest BCUT2D eigenvalue weighted by Crippen LogP contribution is -2.09. The number of esters is 1. The molecule has 2 aromatic rings. The van der Waals surface area contributed by atoms with Crippen LogP contribution in [0.5, 0.6) is 11.5 Å². The number of ketones is 1. The summed E-state index contributed by atoms with van der Waals surface area (Å²) in [5, 5.41) is 0. The number of rotatable bonds is 18. The summed E-state index contributed by atoms with van der Waals surface area (Å²) in [5.74, 6) is -0.695. The predicted molar refractivity (Wildman–Crippen MR) is 139 cm³/mol. The monoisotopic (exact) mass is 484 g/mol. The van der Waals surface area contributed by atoms with Crippen molar-refractivity contribution in [3.63, 3.8) is 0 Å². The maximum Gasteiger partial charge on any atom is 0.343 e. The Bertz CT molecular complexity index is 892. The molecule has 0 heterocycles. The minimum Gasteiger partial charge on any atom is -0.494 e. The first-order chi connectivity index (χ1) is 17.0. The van der Waals surface area contributed by atoms with Gasteiger partial charge in [-0.1, -0.05) is 78.1 Å². The molecule has 0 spiro atoms. The molecule has 4 nitrogen and oxygen atoms in total. The Labute approximate surface area is 210 Å². The molecule has 0 unspecified atom stereocenters. The summed E-state index contributed by atoms with van der Waals surface area (Å²) >= 11 is 0. The zero-order chi connectivity index (χ0) is 25.3. The quantitative estimate of drug-likeness (QED) is 0.0918. The van der Waals surface area contributed by atoms with Crippen LogP contribution in [0.4, 0.5) is 4.39 Å². The highest BCUT2D eigenvalue weighted by atomic mass is 19.1. The second kappa shape index (κ2) is 16.9. The molecule has 35 heavy (non-hydrogen) atoms. The van der Waals surface area contributed by atoms with Gasteiger partial charge in [-0.3, -0.25) is 4.79 Å². The van der Waals surface area contributed by atoms with Gasteiger partial charge in [-0.15, -0.1) is 0 Å². The second-order valence-electron chi connectivity index (χ2n) is 9.11. The van der Waals surface area contributed by atoms with E-state index in [0.29, 0.717) is 24.3 Å². The minimum absolute atomic E-state index is 0.0410. The van der Waals surface area contributed by atoms with E-state index in [4.69, 9.17) is 9.47 Å². The molecule has 0 aliphatic carbocycles. The van der Waals surface area contributed by atoms with Crippen molar-refractivity contribution in [2.24, 2.45) is 0 Å². The van der Waals surface area contributed by atoms with Crippen molar-refractivity contribution in [2.45, 2.75) is 97.3 Å². The molecule has 0 aliphatic heterocycles. The van der Waals surface area contributed by atoms with E-state index in [0.717, 1.165) is 44.6 Å². The topological polar surface area (TPSA) is 52.6 Å². The molecule has 2 rings (SSSR count). The van der Waals surface area contributed by atoms with Gasteiger partial charge in [0.25, 0.3) is 0 Å². The lowest BCUT2D eigenvalue weighted by molar-refractivity contribution is 0.0734. The highest BCUT2D eigenvalue weighted by Gasteiger charge is 2.15. The summed E-state index contributed by atoms with van der Waals surface area (Å²) < 4.78 is 25.5. The van der Waals surface area contributed by atoms with E-state index >= 15 is 0 Å². The molecular weight excluding hydrogens is 443 g/mol. The van der Waals surface area contributed by atoms with Crippen molar-refractivity contribution in [2.75, 3.05) is 6.61 Å². The van der Waals surface area contributed by atoms with Crippen LogP contribution in [0.3, 0.4) is 0 Å². The molecule has 2 aromatic carbocycles. The van der Waals surface area contributed by atoms with Gasteiger partial charge >= 0.3 is 5.97 Å². The second-order valence-corrected chi connectivity index (χ2v) is 9.11. The molecule has 0 radical (unpaired) electrons. The van der Waals surface area contributed by atoms with Crippen molar-refractivity contribution >= 4 is 11.8 Å². The molecule has 0 N–H and O–H groups in total. The molecule has 0 fully saturated rings. The van der Waals surface area contributed by atoms with Crippen molar-refractivity contribution < 1.29 is 23.5 Å². The number of hydrogen-bond acceptors (Lipinski definition) is 4. The average Bonchev–Trinajstić information content (AvgIpc) is 2.86. The van der Waals surface area contributed by atoms with Gasteiger partial charge in [0.1, 0.15) is 17.3 Å². The summed E-state index contributed by atoms with van der Waals surface area (Å²) in [4.78, 5) is 24.7. The highest BCUT2D eigenvalue weighted by Crippen LogP contribution is 2.21. The maximum absolute atomic E-state index is 14.4. The van der Waals surface area contributed by atoms with Crippen LogP contribution < -0.4 is 9.47 Å². The summed E-state index contributed by atoms with van der Waals surface area (Å²) in [6.07, 6.45) is 14.2. The normalized spacial score (nSPS) is 10.8. The van der Waals surface area contributed by atoms with Gasteiger partial charge in [-0.25, -0.2) is 9.18 Å². The Morgan fingerprint density at radius 3 is 1.91 bits per heavy atom. The van der Waals surface area contributed by atoms with Gasteiger partial charge in [0.05, 0.1) is 17.7 Å². The Balaban J connectivity index is 1.74. The highest BCUT2D eigenvalue weighted by molar-refractivity contribution is 5.96. The smallest absolute Gasteiger partial charge is 0.343 e. The summed E-state index contributed by atoms with van der Waals surface area (Å²) in [6, 6.07) is 10.7. The number of ether oxygens (including phenoxy) is 2. The first-order valence-corrected chi connectivity index (χ1v) is 13.3. The van der Waals surface area contributed by atoms with E-state index < -0.39 is 11.8 Å². The number of unbranched alkanes of at least 4 members (excludes halogenated alkanes) is 10. The molecule has 0 bridgehead atoms. The first kappa shape index (κ1) is 28.5. The molecule has 0 saturated heterocycles. The average molecular weight is 485 g/mol. The van der Waals surface area contributed by atoms with Crippen LogP contribution in [0.25, 0.3) is 0 Å². The number of Topliss-reactive ketones (excluding diaryl/α,β-unsaturated/α-hetero) is 1. The van der Waals surface area contributed by atoms with Gasteiger partial charge < -0.3 is 9.47 Å². The standard InChI is InChI=1S/C30H41FO4/c1-3-5-7-9-10-11-12-14-22-34-25-18-16-24(17-19-25)30(33)35-26-20-21-27(28(31)23-26)29(32)15-13-8-6-4-2/h16-21,23H,3-15,22H2,1-2H3. The number of carbonyl (C=O) groups excluding carboxylic acids is 2. The zero-order valence-electron chi connectivity index (χ0n) is 21.5. The van der Waals surface area contributed by atoms with Gasteiger partial charge in [0.2, 0.25) is 0 Å². The van der Waals surface area contributed by atoms with Gasteiger partial charge in [0.15, 0.2) is 5.78 Å². The van der Waals surface area contributed by atoms with E-state index in [1.165, 1.54) is 50.7 Å². The fraction of sp³-hybridized carbons (Fsp3) is 0.533. The van der Waals surface area contributed by atoms with Gasteiger partial charge in [0, 0.05) is 12.5 Å². The lowest BCUT2D eigenvalue weighted by Gasteiger charge is -2.09. The van der Waals surface area contributed by atoms with E-state index in [1.54, 1.807) is 24.3 Å². The van der Waals surface area contributed by atoms with Crippen molar-refractivity contribution in [1.29, 1.82) is 0 Å². The molecule has 0 amide bonds. The third kappa shape index (κ3) is 11.1. The Kier molecular flexibility index (Phi) is 13.7. The Morgan fingerprint density at radius 2 is 1.29 bits per heavy atom. The SMILES string of the molecule is CCCCCCCCCCOc1ccc(C(=O)Oc2ccc(C(=O)CCCCCC)c(F)c2)cc1. The molecule has 0 aromatic heterocycles. The van der Waals surface area contributed by atoms with Gasteiger partial charge in [-0.05, 0) is 49.2 Å². The number of benzene rings is 2. The molecule has 0 aliphatic rings. The van der Waals surface area contributed by atoms with E-state index in [9.17, 15) is 14.0 Å². The molecule has 0 atom stereocenters. The van der Waals surface area contributed by atoms with E-state index in [1.807, 2.05) is 0 Å². The number of halogens is 1. The van der Waals surface area contributed by atoms with E-state index in [2.05, 4.69) is 13.8 Å². The van der Waals surface area contributed by atoms with Crippen molar-refractivity contribution in [3.8, 4) is 11.5 Å². The van der Waals surface area contributed by atoms with Gasteiger partial charge in [-0.2, -0.15) is 0 Å². The molecular formula is C30H41FO4. The third-order valence-electron chi connectivity index (χ3n) is 6.07. The Morgan fingerprint density at radius 1 is 0.714 bits per heavy atom. The largest absolute Gasteiger partial charge is 0.494 e. The minimum atomic E-state index is -0.666. The lowest BCUT2D eigenvalue weighted by atomic mass is 10.0. The van der Waals surface area contributed by atoms with Crippen LogP contribution in [-0.4, -0.2) is 18.4 Å². The fourth-order valence-corrected chi connectivity index (χ4v) is 3.91. The predicted octanol–water partition coefficient (Wildman–Crippen LogP) is 8.72. The number of hydrogen-bond donors (Lipinski definition) is 0. The maximum atomic E-state index is 14.4. The number of carbonyl (C=O) groups is 2. The Hall–Kier alpha value is -2.69. The first-order valence-electron chi connectivity index (χ1n) is 13.3. The molecule has 5 heteroatoms. The van der Waals surface area contributed by atoms with Crippen molar-refractivity contribution in [3.05, 3.63) is 59.4 Å². The van der Waals surface area contributed by atoms with Crippen LogP contribution in [-0.2, 0) is 0 Å². The van der Waals surface area contributed by atoms with E-state index in [-0.39, 0.29) is 17.1 Å². The molecule has 0 saturated carbocycles. The summed E-state index contributed by atoms with van der Waals surface area (Å²) in [5.41, 5.74) is 0.389. The zero-order valence-corrected chi connectivity index (χ0v) is 21.5. The summed E-state index contributed by atoms with van der Waals surface area (Å²) in [7, 11) is 0.